The number of carbonyl (C=O) groups is 3. The maximum atomic E-state index is 12.9. The Morgan fingerprint density at radius 1 is 0.259 bits per heavy atom. The fourth-order valence-electron chi connectivity index (χ4n) is 8.64. The van der Waals surface area contributed by atoms with Crippen molar-refractivity contribution in [1.29, 1.82) is 0 Å². The molecule has 0 amide bonds. The molecule has 456 valence electrons. The van der Waals surface area contributed by atoms with Gasteiger partial charge in [-0.2, -0.15) is 0 Å². The summed E-state index contributed by atoms with van der Waals surface area (Å²) in [6.07, 6.45) is 98.4. The second-order valence-electron chi connectivity index (χ2n) is 21.3. The second-order valence-corrected chi connectivity index (χ2v) is 21.3. The zero-order valence-electron chi connectivity index (χ0n) is 52.2. The van der Waals surface area contributed by atoms with Crippen LogP contribution in [0.4, 0.5) is 0 Å². The van der Waals surface area contributed by atoms with Gasteiger partial charge in [-0.1, -0.05) is 281 Å². The van der Waals surface area contributed by atoms with E-state index in [0.717, 1.165) is 128 Å². The first kappa shape index (κ1) is 76.0. The predicted octanol–water partition coefficient (Wildman–Crippen LogP) is 22.9. The average Bonchev–Trinajstić information content (AvgIpc) is 3.46. The molecule has 1 atom stereocenters. The van der Waals surface area contributed by atoms with Crippen LogP contribution in [0.5, 0.6) is 0 Å². The monoisotopic (exact) mass is 1120 g/mol. The Hall–Kier alpha value is -4.97. The van der Waals surface area contributed by atoms with Crippen molar-refractivity contribution in [2.75, 3.05) is 13.2 Å². The van der Waals surface area contributed by atoms with Crippen molar-refractivity contribution in [3.05, 3.63) is 158 Å². The van der Waals surface area contributed by atoms with E-state index >= 15 is 0 Å². The van der Waals surface area contributed by atoms with Gasteiger partial charge in [-0.15, -0.1) is 0 Å². The third-order valence-electron chi connectivity index (χ3n) is 13.5. The summed E-state index contributed by atoms with van der Waals surface area (Å²) in [5, 5.41) is 0. The van der Waals surface area contributed by atoms with Crippen molar-refractivity contribution in [2.24, 2.45) is 0 Å². The molecule has 0 fully saturated rings. The Kier molecular flexibility index (Phi) is 63.4. The third-order valence-corrected chi connectivity index (χ3v) is 13.5. The van der Waals surface area contributed by atoms with Crippen molar-refractivity contribution < 1.29 is 28.6 Å². The Morgan fingerprint density at radius 3 is 0.827 bits per heavy atom. The smallest absolute Gasteiger partial charge is 0.306 e. The zero-order valence-corrected chi connectivity index (χ0v) is 52.2. The van der Waals surface area contributed by atoms with Gasteiger partial charge in [-0.3, -0.25) is 14.4 Å². The fraction of sp³-hybridized carbons (Fsp3) is 0.613. The van der Waals surface area contributed by atoms with E-state index < -0.39 is 6.10 Å². The Bertz CT molecular complexity index is 1810. The minimum Gasteiger partial charge on any atom is -0.462 e. The summed E-state index contributed by atoms with van der Waals surface area (Å²) >= 11 is 0. The molecule has 0 aromatic carbocycles. The van der Waals surface area contributed by atoms with Crippen LogP contribution in [0.3, 0.4) is 0 Å². The minimum atomic E-state index is -0.822. The van der Waals surface area contributed by atoms with E-state index in [1.165, 1.54) is 103 Å². The molecule has 0 bridgehead atoms. The lowest BCUT2D eigenvalue weighted by Gasteiger charge is -2.18. The van der Waals surface area contributed by atoms with Crippen LogP contribution in [0, 0.1) is 0 Å². The second kappa shape index (κ2) is 67.5. The summed E-state index contributed by atoms with van der Waals surface area (Å²) < 4.78 is 16.8. The van der Waals surface area contributed by atoms with Gasteiger partial charge in [0.05, 0.1) is 0 Å². The highest BCUT2D eigenvalue weighted by Crippen LogP contribution is 2.15. The summed E-state index contributed by atoms with van der Waals surface area (Å²) in [6.45, 7) is 6.31. The minimum absolute atomic E-state index is 0.112. The van der Waals surface area contributed by atoms with Crippen LogP contribution < -0.4 is 0 Å². The van der Waals surface area contributed by atoms with Gasteiger partial charge in [0.1, 0.15) is 13.2 Å². The number of allylic oxidation sites excluding steroid dienone is 26. The van der Waals surface area contributed by atoms with Crippen LogP contribution in [-0.2, 0) is 28.6 Å². The quantitative estimate of drug-likeness (QED) is 0.0261. The molecule has 0 heterocycles. The number of carbonyl (C=O) groups excluding carboxylic acids is 3. The number of hydrogen-bond donors (Lipinski definition) is 0. The Balaban J connectivity index is 4.34. The fourth-order valence-corrected chi connectivity index (χ4v) is 8.64. The van der Waals surface area contributed by atoms with Crippen LogP contribution in [0.25, 0.3) is 0 Å². The van der Waals surface area contributed by atoms with Gasteiger partial charge in [0, 0.05) is 19.3 Å². The maximum Gasteiger partial charge on any atom is 0.306 e. The van der Waals surface area contributed by atoms with Crippen LogP contribution in [-0.4, -0.2) is 37.2 Å². The van der Waals surface area contributed by atoms with E-state index in [1.807, 2.05) is 6.08 Å². The highest BCUT2D eigenvalue weighted by atomic mass is 16.6. The largest absolute Gasteiger partial charge is 0.462 e. The lowest BCUT2D eigenvalue weighted by atomic mass is 10.0. The molecule has 0 saturated carbocycles. The van der Waals surface area contributed by atoms with Crippen LogP contribution >= 0.6 is 0 Å². The molecule has 0 aliphatic heterocycles. The predicted molar refractivity (Wildman–Crippen MR) is 352 cm³/mol. The Labute approximate surface area is 499 Å². The molecule has 6 nitrogen and oxygen atoms in total. The van der Waals surface area contributed by atoms with E-state index in [9.17, 15) is 14.4 Å². The lowest BCUT2D eigenvalue weighted by molar-refractivity contribution is -0.166. The van der Waals surface area contributed by atoms with Gasteiger partial charge >= 0.3 is 17.9 Å². The first-order chi connectivity index (χ1) is 40.0. The SMILES string of the molecule is CC/C=C\C/C=C\C/C=C\C/C=C\C/C=C\C/C=C\CCCCCCCCCCCCCCC(=O)OCC(COC(=O)CC/C=C\C/C=C\C/C=C\C/C=C\CC)OC(=O)CCCCCCCC/C=C\C/C=C\C/C=C\CCCCC. The van der Waals surface area contributed by atoms with Gasteiger partial charge in [-0.05, 0) is 135 Å². The summed E-state index contributed by atoms with van der Waals surface area (Å²) in [6, 6.07) is 0. The molecule has 6 heteroatoms. The number of unbranched alkanes of at least 4 members (excludes halogenated alkanes) is 21. The molecular weight excluding hydrogens is 997 g/mol. The lowest BCUT2D eigenvalue weighted by Crippen LogP contribution is -2.30. The molecule has 0 rings (SSSR count). The number of rotatable bonds is 58. The maximum absolute atomic E-state index is 12.9. The van der Waals surface area contributed by atoms with Gasteiger partial charge < -0.3 is 14.2 Å². The first-order valence-electron chi connectivity index (χ1n) is 33.0. The first-order valence-corrected chi connectivity index (χ1v) is 33.0. The molecule has 0 spiro atoms. The zero-order chi connectivity index (χ0) is 58.5. The molecule has 0 radical (unpaired) electrons. The van der Waals surface area contributed by atoms with Crippen molar-refractivity contribution >= 4 is 17.9 Å². The molecule has 0 aromatic rings. The summed E-state index contributed by atoms with van der Waals surface area (Å²) in [5.41, 5.74) is 0. The van der Waals surface area contributed by atoms with E-state index in [-0.39, 0.29) is 37.5 Å². The molecule has 81 heavy (non-hydrogen) atoms. The highest BCUT2D eigenvalue weighted by Gasteiger charge is 2.19. The standard InChI is InChI=1S/C75H120O6/c1-4-7-10-13-16-19-22-25-27-29-31-32-33-34-35-36-37-38-39-40-41-42-44-45-47-50-53-56-59-62-65-68-74(77)80-71-72(70-79-73(76)67-64-61-58-55-52-49-24-21-18-15-12-9-6-3)81-75(78)69-66-63-60-57-54-51-48-46-43-30-28-26-23-20-17-14-11-8-5-2/h7,9-10,12,16-21,25-28,31-32,34-35,37-38,43,46,49,52,58,61,72H,4-6,8,11,13-15,22-24,29-30,33,36,39-42,44-45,47-48,50-51,53-57,59-60,62-71H2,1-3H3/b10-7-,12-9-,19-16-,20-17-,21-18-,27-25-,28-26-,32-31-,35-34-,38-37-,46-43-,52-49-,61-58-. The van der Waals surface area contributed by atoms with Crippen molar-refractivity contribution in [3.8, 4) is 0 Å². The third kappa shape index (κ3) is 65.7. The topological polar surface area (TPSA) is 78.9 Å². The summed E-state index contributed by atoms with van der Waals surface area (Å²) in [5.74, 6) is -1.01. The van der Waals surface area contributed by atoms with Gasteiger partial charge in [0.25, 0.3) is 0 Å². The van der Waals surface area contributed by atoms with Gasteiger partial charge in [-0.25, -0.2) is 0 Å². The van der Waals surface area contributed by atoms with Crippen LogP contribution in [0.2, 0.25) is 0 Å². The molecule has 0 aliphatic rings. The molecular formula is C75H120O6. The normalized spacial score (nSPS) is 13.2. The molecule has 1 unspecified atom stereocenters. The highest BCUT2D eigenvalue weighted by molar-refractivity contribution is 5.71. The van der Waals surface area contributed by atoms with E-state index in [1.54, 1.807) is 0 Å². The summed E-state index contributed by atoms with van der Waals surface area (Å²) in [4.78, 5) is 38.3. The molecule has 0 saturated heterocycles. The average molecular weight is 1120 g/mol. The van der Waals surface area contributed by atoms with Crippen LogP contribution in [0.1, 0.15) is 278 Å². The summed E-state index contributed by atoms with van der Waals surface area (Å²) in [7, 11) is 0. The van der Waals surface area contributed by atoms with Gasteiger partial charge in [0.2, 0.25) is 0 Å². The molecule has 0 aliphatic carbocycles. The van der Waals surface area contributed by atoms with Gasteiger partial charge in [0.15, 0.2) is 6.10 Å². The number of ether oxygens (including phenoxy) is 3. The number of hydrogen-bond acceptors (Lipinski definition) is 6. The van der Waals surface area contributed by atoms with Crippen molar-refractivity contribution in [2.45, 2.75) is 284 Å². The van der Waals surface area contributed by atoms with E-state index in [2.05, 4.69) is 173 Å². The Morgan fingerprint density at radius 2 is 0.506 bits per heavy atom. The van der Waals surface area contributed by atoms with Crippen molar-refractivity contribution in [1.82, 2.24) is 0 Å². The van der Waals surface area contributed by atoms with Crippen molar-refractivity contribution in [3.63, 3.8) is 0 Å². The molecule has 0 aromatic heterocycles. The number of esters is 3. The molecule has 0 N–H and O–H groups in total. The van der Waals surface area contributed by atoms with E-state index in [4.69, 9.17) is 14.2 Å². The van der Waals surface area contributed by atoms with Crippen LogP contribution in [0.15, 0.2) is 158 Å². The van der Waals surface area contributed by atoms with E-state index in [0.29, 0.717) is 19.3 Å².